The summed E-state index contributed by atoms with van der Waals surface area (Å²) in [4.78, 5) is 22.1. The summed E-state index contributed by atoms with van der Waals surface area (Å²) in [6.07, 6.45) is 3.47. The number of anilines is 1. The molecule has 1 aromatic carbocycles. The van der Waals surface area contributed by atoms with Crippen LogP contribution < -0.4 is 20.5 Å². The third-order valence-corrected chi connectivity index (χ3v) is 6.09. The van der Waals surface area contributed by atoms with E-state index in [9.17, 15) is 10.1 Å². The number of aromatic nitrogens is 2. The minimum Gasteiger partial charge on any atom is -0.496 e. The van der Waals surface area contributed by atoms with Gasteiger partial charge in [-0.15, -0.1) is 11.3 Å². The fraction of sp³-hybridized carbons (Fsp3) is 0.217. The molecule has 2 aromatic heterocycles. The first kappa shape index (κ1) is 21.3. The summed E-state index contributed by atoms with van der Waals surface area (Å²) in [5.41, 5.74) is 12.1. The maximum atomic E-state index is 12.6. The molecular weight excluding hydrogens is 426 g/mol. The second kappa shape index (κ2) is 8.69. The number of nitrogens with two attached hydrogens (primary N) is 1. The van der Waals surface area contributed by atoms with Crippen LogP contribution in [0.15, 0.2) is 47.4 Å². The molecule has 0 bridgehead atoms. The molecule has 3 aromatic rings. The highest BCUT2D eigenvalue weighted by Crippen LogP contribution is 2.48. The molecule has 32 heavy (non-hydrogen) atoms. The maximum Gasteiger partial charge on any atom is 0.247 e. The summed E-state index contributed by atoms with van der Waals surface area (Å²) in [5, 5.41) is 12.6. The summed E-state index contributed by atoms with van der Waals surface area (Å²) in [6, 6.07) is 7.23. The first-order chi connectivity index (χ1) is 15.4. The van der Waals surface area contributed by atoms with E-state index in [0.717, 1.165) is 16.1 Å². The van der Waals surface area contributed by atoms with Crippen LogP contribution in [-0.4, -0.2) is 23.0 Å². The highest BCUT2D eigenvalue weighted by molar-refractivity contribution is 7.09. The van der Waals surface area contributed by atoms with Crippen LogP contribution in [0.1, 0.15) is 40.0 Å². The number of benzene rings is 1. The number of hydrogen-bond donors (Lipinski definition) is 2. The van der Waals surface area contributed by atoms with Crippen molar-refractivity contribution in [2.75, 3.05) is 12.4 Å². The Morgan fingerprint density at radius 2 is 2.16 bits per heavy atom. The number of amides is 1. The number of primary amides is 1. The number of aryl methyl sites for hydroxylation is 1. The standard InChI is InChI=1S/C23H21N5O3S/c1-12-8-27-23(31-10-15-9-26-11-32-15)20-19(18(22(25)29)13(2)28-21(12)20)16-5-4-14(7-24)6-17(16)30-3/h4-6,8-9,11,19,28H,10H2,1-3H3,(H2,25,29)/t19-/m0/s1. The third-order valence-electron chi connectivity index (χ3n) is 5.34. The molecule has 0 unspecified atom stereocenters. The van der Waals surface area contributed by atoms with Gasteiger partial charge in [-0.3, -0.25) is 9.78 Å². The molecule has 0 radical (unpaired) electrons. The molecule has 1 aliphatic rings. The first-order valence-corrected chi connectivity index (χ1v) is 10.7. The van der Waals surface area contributed by atoms with Gasteiger partial charge in [0, 0.05) is 29.2 Å². The van der Waals surface area contributed by atoms with Crippen molar-refractivity contribution in [3.8, 4) is 17.7 Å². The Morgan fingerprint density at radius 3 is 2.81 bits per heavy atom. The number of carbonyl (C=O) groups excluding carboxylic acids is 1. The Morgan fingerprint density at radius 1 is 1.34 bits per heavy atom. The third kappa shape index (κ3) is 3.76. The Balaban J connectivity index is 1.93. The van der Waals surface area contributed by atoms with Gasteiger partial charge in [0.15, 0.2) is 0 Å². The number of pyridine rings is 1. The number of nitrogens with one attached hydrogen (secondary N) is 1. The lowest BCUT2D eigenvalue weighted by Gasteiger charge is -2.32. The van der Waals surface area contributed by atoms with Crippen LogP contribution in [0.4, 0.5) is 5.69 Å². The predicted octanol–water partition coefficient (Wildman–Crippen LogP) is 3.62. The normalized spacial score (nSPS) is 14.9. The van der Waals surface area contributed by atoms with Gasteiger partial charge < -0.3 is 20.5 Å². The molecule has 4 rings (SSSR count). The number of rotatable bonds is 6. The van der Waals surface area contributed by atoms with Crippen LogP contribution in [0.25, 0.3) is 0 Å². The molecule has 162 valence electrons. The highest BCUT2D eigenvalue weighted by atomic mass is 32.1. The van der Waals surface area contributed by atoms with Crippen LogP contribution in [0, 0.1) is 18.3 Å². The van der Waals surface area contributed by atoms with Crippen LogP contribution in [-0.2, 0) is 11.4 Å². The zero-order valence-electron chi connectivity index (χ0n) is 17.8. The Hall–Kier alpha value is -3.90. The minimum atomic E-state index is -0.588. The SMILES string of the molecule is COc1cc(C#N)ccc1[C@H]1C(C(N)=O)=C(C)Nc2c(C)cnc(OCc3cncs3)c21. The molecule has 3 N–H and O–H groups in total. The van der Waals surface area contributed by atoms with Crippen molar-refractivity contribution in [2.45, 2.75) is 26.4 Å². The zero-order valence-corrected chi connectivity index (χ0v) is 18.6. The lowest BCUT2D eigenvalue weighted by molar-refractivity contribution is -0.114. The minimum absolute atomic E-state index is 0.291. The summed E-state index contributed by atoms with van der Waals surface area (Å²) in [6.45, 7) is 4.03. The van der Waals surface area contributed by atoms with E-state index in [4.69, 9.17) is 15.2 Å². The molecule has 1 atom stereocenters. The fourth-order valence-corrected chi connectivity index (χ4v) is 4.39. The van der Waals surface area contributed by atoms with Crippen molar-refractivity contribution < 1.29 is 14.3 Å². The average Bonchev–Trinajstić information content (AvgIpc) is 3.31. The van der Waals surface area contributed by atoms with Gasteiger partial charge in [0.25, 0.3) is 0 Å². The number of allylic oxidation sites excluding steroid dienone is 1. The summed E-state index contributed by atoms with van der Waals surface area (Å²) < 4.78 is 11.7. The van der Waals surface area contributed by atoms with Crippen molar-refractivity contribution in [2.24, 2.45) is 5.73 Å². The van der Waals surface area contributed by atoms with Gasteiger partial charge in [0.1, 0.15) is 12.4 Å². The number of hydrogen-bond acceptors (Lipinski definition) is 8. The molecule has 8 nitrogen and oxygen atoms in total. The molecule has 1 amide bonds. The largest absolute Gasteiger partial charge is 0.496 e. The highest BCUT2D eigenvalue weighted by Gasteiger charge is 2.37. The van der Waals surface area contributed by atoms with Crippen molar-refractivity contribution in [3.05, 3.63) is 74.5 Å². The van der Waals surface area contributed by atoms with E-state index in [1.165, 1.54) is 18.4 Å². The second-order valence-electron chi connectivity index (χ2n) is 7.32. The van der Waals surface area contributed by atoms with Crippen LogP contribution in [0.5, 0.6) is 11.6 Å². The van der Waals surface area contributed by atoms with E-state index in [1.54, 1.807) is 36.1 Å². The monoisotopic (exact) mass is 447 g/mol. The molecule has 0 aliphatic carbocycles. The Kier molecular flexibility index (Phi) is 5.79. The summed E-state index contributed by atoms with van der Waals surface area (Å²) in [5.74, 6) is -0.292. The number of methoxy groups -OCH3 is 1. The molecule has 0 fully saturated rings. The predicted molar refractivity (Wildman–Crippen MR) is 120 cm³/mol. The van der Waals surface area contributed by atoms with E-state index in [0.29, 0.717) is 46.2 Å². The molecular formula is C23H21N5O3S. The molecule has 0 spiro atoms. The van der Waals surface area contributed by atoms with Gasteiger partial charge >= 0.3 is 0 Å². The van der Waals surface area contributed by atoms with Crippen LogP contribution in [0.2, 0.25) is 0 Å². The van der Waals surface area contributed by atoms with E-state index in [-0.39, 0.29) is 0 Å². The topological polar surface area (TPSA) is 123 Å². The van der Waals surface area contributed by atoms with Gasteiger partial charge in [0.2, 0.25) is 11.8 Å². The summed E-state index contributed by atoms with van der Waals surface area (Å²) >= 11 is 1.48. The number of nitrogens with zero attached hydrogens (tertiary/aromatic N) is 3. The molecule has 0 saturated carbocycles. The maximum absolute atomic E-state index is 12.6. The van der Waals surface area contributed by atoms with E-state index in [2.05, 4.69) is 21.4 Å². The fourth-order valence-electron chi connectivity index (χ4n) is 3.88. The lowest BCUT2D eigenvalue weighted by atomic mass is 9.79. The van der Waals surface area contributed by atoms with Crippen molar-refractivity contribution >= 4 is 22.9 Å². The first-order valence-electron chi connectivity index (χ1n) is 9.79. The number of carbonyl (C=O) groups is 1. The molecule has 1 aliphatic heterocycles. The molecule has 9 heteroatoms. The van der Waals surface area contributed by atoms with Crippen LogP contribution in [0.3, 0.4) is 0 Å². The van der Waals surface area contributed by atoms with Crippen molar-refractivity contribution in [1.29, 1.82) is 5.26 Å². The zero-order chi connectivity index (χ0) is 22.8. The van der Waals surface area contributed by atoms with Crippen molar-refractivity contribution in [1.82, 2.24) is 9.97 Å². The number of fused-ring (bicyclic) bond motifs is 1. The van der Waals surface area contributed by atoms with Gasteiger partial charge in [-0.05, 0) is 31.5 Å². The number of nitriles is 1. The lowest BCUT2D eigenvalue weighted by Crippen LogP contribution is -2.28. The van der Waals surface area contributed by atoms with Gasteiger partial charge in [0.05, 0.1) is 46.3 Å². The number of ether oxygens (including phenoxy) is 2. The molecule has 3 heterocycles. The van der Waals surface area contributed by atoms with E-state index < -0.39 is 11.8 Å². The van der Waals surface area contributed by atoms with Crippen molar-refractivity contribution in [3.63, 3.8) is 0 Å². The Labute approximate surface area is 189 Å². The van der Waals surface area contributed by atoms with Gasteiger partial charge in [-0.2, -0.15) is 5.26 Å². The van der Waals surface area contributed by atoms with E-state index >= 15 is 0 Å². The van der Waals surface area contributed by atoms with E-state index in [1.807, 2.05) is 13.8 Å². The summed E-state index contributed by atoms with van der Waals surface area (Å²) in [7, 11) is 1.53. The van der Waals surface area contributed by atoms with Gasteiger partial charge in [-0.1, -0.05) is 6.07 Å². The molecule has 0 saturated heterocycles. The quantitative estimate of drug-likeness (QED) is 0.591. The smallest absolute Gasteiger partial charge is 0.247 e. The Bertz CT molecular complexity index is 1260. The van der Waals surface area contributed by atoms with Gasteiger partial charge in [-0.25, -0.2) is 4.98 Å². The number of thiazole rings is 1. The van der Waals surface area contributed by atoms with Crippen LogP contribution >= 0.6 is 11.3 Å². The average molecular weight is 448 g/mol. The second-order valence-corrected chi connectivity index (χ2v) is 8.29.